The minimum Gasteiger partial charge on any atom is -0.507 e. The van der Waals surface area contributed by atoms with E-state index in [9.17, 15) is 14.7 Å². The van der Waals surface area contributed by atoms with Gasteiger partial charge in [0.15, 0.2) is 0 Å². The highest BCUT2D eigenvalue weighted by molar-refractivity contribution is 8.26. The van der Waals surface area contributed by atoms with Crippen molar-refractivity contribution in [3.05, 3.63) is 64.6 Å². The summed E-state index contributed by atoms with van der Waals surface area (Å²) in [4.78, 5) is 24.5. The van der Waals surface area contributed by atoms with Gasteiger partial charge in [0.25, 0.3) is 5.91 Å². The zero-order valence-electron chi connectivity index (χ0n) is 14.0. The van der Waals surface area contributed by atoms with Crippen LogP contribution in [0, 0.1) is 0 Å². The molecule has 8 heteroatoms. The van der Waals surface area contributed by atoms with E-state index in [0.717, 1.165) is 22.2 Å². The Kier molecular flexibility index (Phi) is 5.78. The molecule has 0 unspecified atom stereocenters. The second kappa shape index (κ2) is 8.24. The molecule has 2 aromatic rings. The fourth-order valence-electron chi connectivity index (χ4n) is 2.39. The number of aliphatic carboxylic acids is 1. The smallest absolute Gasteiger partial charge is 0.323 e. The molecule has 27 heavy (non-hydrogen) atoms. The standard InChI is InChI=1S/C19H15NO5S2/c21-15-7-6-14(25-11-12-4-2-1-3-5-12)8-13(15)9-16-18(24)20(10-17(22)23)19(26)27-16/h1-9,21H,10-11H2,(H,22,23)/b16-9-. The zero-order chi connectivity index (χ0) is 19.4. The average Bonchev–Trinajstić information content (AvgIpc) is 2.90. The van der Waals surface area contributed by atoms with Crippen molar-refractivity contribution >= 4 is 46.3 Å². The normalized spacial score (nSPS) is 15.4. The number of nitrogens with zero attached hydrogens (tertiary/aromatic N) is 1. The van der Waals surface area contributed by atoms with Crippen LogP contribution in [0.2, 0.25) is 0 Å². The van der Waals surface area contributed by atoms with E-state index in [1.807, 2.05) is 30.3 Å². The first-order valence-electron chi connectivity index (χ1n) is 7.91. The highest BCUT2D eigenvalue weighted by atomic mass is 32.2. The van der Waals surface area contributed by atoms with Crippen LogP contribution in [0.5, 0.6) is 11.5 Å². The molecule has 0 bridgehead atoms. The number of phenols is 1. The Hall–Kier alpha value is -2.84. The predicted molar refractivity (Wildman–Crippen MR) is 106 cm³/mol. The summed E-state index contributed by atoms with van der Waals surface area (Å²) < 4.78 is 5.90. The van der Waals surface area contributed by atoms with Crippen LogP contribution in [0.15, 0.2) is 53.4 Å². The molecule has 6 nitrogen and oxygen atoms in total. The van der Waals surface area contributed by atoms with Gasteiger partial charge >= 0.3 is 5.97 Å². The van der Waals surface area contributed by atoms with Crippen molar-refractivity contribution in [3.8, 4) is 11.5 Å². The van der Waals surface area contributed by atoms with Crippen molar-refractivity contribution < 1.29 is 24.5 Å². The topological polar surface area (TPSA) is 87.1 Å². The lowest BCUT2D eigenvalue weighted by Gasteiger charge is -2.10. The molecule has 0 radical (unpaired) electrons. The minimum atomic E-state index is -1.15. The Morgan fingerprint density at radius 3 is 2.67 bits per heavy atom. The van der Waals surface area contributed by atoms with Gasteiger partial charge in [0, 0.05) is 5.56 Å². The molecular formula is C19H15NO5S2. The molecule has 1 aliphatic rings. The molecule has 0 spiro atoms. The first kappa shape index (κ1) is 18.9. The van der Waals surface area contributed by atoms with Gasteiger partial charge in [-0.2, -0.15) is 0 Å². The number of ether oxygens (including phenoxy) is 1. The highest BCUT2D eigenvalue weighted by Gasteiger charge is 2.33. The van der Waals surface area contributed by atoms with Crippen molar-refractivity contribution in [2.75, 3.05) is 6.54 Å². The van der Waals surface area contributed by atoms with Crippen LogP contribution in [-0.2, 0) is 16.2 Å². The molecule has 138 valence electrons. The molecule has 1 fully saturated rings. The molecule has 1 saturated heterocycles. The van der Waals surface area contributed by atoms with Gasteiger partial charge in [-0.15, -0.1) is 0 Å². The number of carbonyl (C=O) groups is 2. The van der Waals surface area contributed by atoms with Gasteiger partial charge in [-0.05, 0) is 29.8 Å². The number of hydrogen-bond acceptors (Lipinski definition) is 6. The van der Waals surface area contributed by atoms with Crippen LogP contribution < -0.4 is 4.74 Å². The summed E-state index contributed by atoms with van der Waals surface area (Å²) in [6, 6.07) is 14.4. The maximum absolute atomic E-state index is 12.3. The van der Waals surface area contributed by atoms with E-state index in [4.69, 9.17) is 22.1 Å². The van der Waals surface area contributed by atoms with Crippen LogP contribution in [-0.4, -0.2) is 37.9 Å². The molecule has 1 heterocycles. The molecule has 1 aliphatic heterocycles. The Bertz CT molecular complexity index is 927. The van der Waals surface area contributed by atoms with Crippen LogP contribution >= 0.6 is 24.0 Å². The van der Waals surface area contributed by atoms with E-state index in [0.29, 0.717) is 17.9 Å². The average molecular weight is 401 g/mol. The van der Waals surface area contributed by atoms with Gasteiger partial charge in [-0.25, -0.2) is 0 Å². The van der Waals surface area contributed by atoms with Gasteiger partial charge < -0.3 is 14.9 Å². The number of hydrogen-bond donors (Lipinski definition) is 2. The van der Waals surface area contributed by atoms with Crippen LogP contribution in [0.25, 0.3) is 6.08 Å². The van der Waals surface area contributed by atoms with Crippen LogP contribution in [0.4, 0.5) is 0 Å². The Morgan fingerprint density at radius 1 is 1.22 bits per heavy atom. The number of thiocarbonyl (C=S) groups is 1. The van der Waals surface area contributed by atoms with Crippen molar-refractivity contribution in [2.24, 2.45) is 0 Å². The summed E-state index contributed by atoms with van der Waals surface area (Å²) in [6.45, 7) is -0.125. The van der Waals surface area contributed by atoms with E-state index in [1.54, 1.807) is 12.1 Å². The van der Waals surface area contributed by atoms with Gasteiger partial charge in [0.1, 0.15) is 29.0 Å². The predicted octanol–water partition coefficient (Wildman–Crippen LogP) is 3.26. The van der Waals surface area contributed by atoms with Crippen molar-refractivity contribution in [1.29, 1.82) is 0 Å². The molecule has 0 aromatic heterocycles. The quantitative estimate of drug-likeness (QED) is 0.567. The summed E-state index contributed by atoms with van der Waals surface area (Å²) in [7, 11) is 0. The van der Waals surface area contributed by atoms with Crippen molar-refractivity contribution in [2.45, 2.75) is 6.61 Å². The monoisotopic (exact) mass is 401 g/mol. The number of thioether (sulfide) groups is 1. The minimum absolute atomic E-state index is 0.0226. The lowest BCUT2D eigenvalue weighted by Crippen LogP contribution is -2.33. The molecule has 3 rings (SSSR count). The SMILES string of the molecule is O=C(O)CN1C(=O)/C(=C/c2cc(OCc3ccccc3)ccc2O)SC1=S. The molecule has 1 amide bonds. The maximum Gasteiger partial charge on any atom is 0.323 e. The first-order chi connectivity index (χ1) is 12.9. The molecule has 0 atom stereocenters. The van der Waals surface area contributed by atoms with Crippen molar-refractivity contribution in [1.82, 2.24) is 4.90 Å². The molecular weight excluding hydrogens is 386 g/mol. The number of carbonyl (C=O) groups excluding carboxylic acids is 1. The third-order valence-corrected chi connectivity index (χ3v) is 5.08. The fourth-order valence-corrected chi connectivity index (χ4v) is 3.64. The maximum atomic E-state index is 12.3. The second-order valence-electron chi connectivity index (χ2n) is 5.66. The Morgan fingerprint density at radius 2 is 1.96 bits per heavy atom. The molecule has 0 saturated carbocycles. The summed E-state index contributed by atoms with van der Waals surface area (Å²) in [6.07, 6.45) is 1.48. The lowest BCUT2D eigenvalue weighted by atomic mass is 10.1. The summed E-state index contributed by atoms with van der Waals surface area (Å²) in [5, 5.41) is 19.0. The van der Waals surface area contributed by atoms with Crippen LogP contribution in [0.1, 0.15) is 11.1 Å². The molecule has 2 N–H and O–H groups in total. The fraction of sp³-hybridized carbons (Fsp3) is 0.105. The van der Waals surface area contributed by atoms with Gasteiger partial charge in [-0.1, -0.05) is 54.3 Å². The summed E-state index contributed by atoms with van der Waals surface area (Å²) >= 11 is 6.06. The molecule has 2 aromatic carbocycles. The Balaban J connectivity index is 1.78. The number of rotatable bonds is 6. The van der Waals surface area contributed by atoms with Crippen LogP contribution in [0.3, 0.4) is 0 Å². The lowest BCUT2D eigenvalue weighted by molar-refractivity contribution is -0.140. The number of amides is 1. The first-order valence-corrected chi connectivity index (χ1v) is 9.13. The Labute approximate surface area is 165 Å². The van der Waals surface area contributed by atoms with E-state index in [1.165, 1.54) is 12.1 Å². The van der Waals surface area contributed by atoms with Gasteiger partial charge in [0.05, 0.1) is 4.91 Å². The van der Waals surface area contributed by atoms with E-state index >= 15 is 0 Å². The number of aromatic hydroxyl groups is 1. The van der Waals surface area contributed by atoms with Gasteiger partial charge in [-0.3, -0.25) is 14.5 Å². The van der Waals surface area contributed by atoms with Crippen molar-refractivity contribution in [3.63, 3.8) is 0 Å². The summed E-state index contributed by atoms with van der Waals surface area (Å²) in [5.41, 5.74) is 1.39. The zero-order valence-corrected chi connectivity index (χ0v) is 15.6. The second-order valence-corrected chi connectivity index (χ2v) is 7.33. The number of benzene rings is 2. The third-order valence-electron chi connectivity index (χ3n) is 3.70. The van der Waals surface area contributed by atoms with E-state index in [2.05, 4.69) is 0 Å². The third kappa shape index (κ3) is 4.66. The molecule has 0 aliphatic carbocycles. The number of phenolic OH excluding ortho intramolecular Hbond substituents is 1. The van der Waals surface area contributed by atoms with E-state index in [-0.39, 0.29) is 15.0 Å². The highest BCUT2D eigenvalue weighted by Crippen LogP contribution is 2.35. The largest absolute Gasteiger partial charge is 0.507 e. The summed E-state index contributed by atoms with van der Waals surface area (Å²) in [5.74, 6) is -1.14. The number of carboxylic acids is 1. The van der Waals surface area contributed by atoms with E-state index < -0.39 is 18.4 Å². The number of carboxylic acid groups (broad SMARTS) is 1. The van der Waals surface area contributed by atoms with Gasteiger partial charge in [0.2, 0.25) is 0 Å².